The molecule has 1 aromatic rings. The number of nitrogens with two attached hydrogens (primary N) is 1. The van der Waals surface area contributed by atoms with Crippen LogP contribution < -0.4 is 11.1 Å². The van der Waals surface area contributed by atoms with Crippen molar-refractivity contribution in [1.29, 1.82) is 0 Å². The van der Waals surface area contributed by atoms with Gasteiger partial charge in [0.2, 0.25) is 5.91 Å². The minimum Gasteiger partial charge on any atom is -0.478 e. The SMILES string of the molecule is CC[C@@H](N)C(=O)Nc1cc(C(=O)O)cc(C(F)(F)F)c1. The fourth-order valence-electron chi connectivity index (χ4n) is 1.41. The second-order valence-corrected chi connectivity index (χ2v) is 4.11. The van der Waals surface area contributed by atoms with E-state index in [9.17, 15) is 22.8 Å². The molecular weight excluding hydrogens is 277 g/mol. The van der Waals surface area contributed by atoms with E-state index >= 15 is 0 Å². The number of hydrogen-bond acceptors (Lipinski definition) is 3. The lowest BCUT2D eigenvalue weighted by atomic mass is 10.1. The number of alkyl halides is 3. The van der Waals surface area contributed by atoms with Crippen molar-refractivity contribution in [1.82, 2.24) is 0 Å². The van der Waals surface area contributed by atoms with Crippen LogP contribution in [0.15, 0.2) is 18.2 Å². The van der Waals surface area contributed by atoms with Crippen molar-refractivity contribution < 1.29 is 27.9 Å². The third-order valence-electron chi connectivity index (χ3n) is 2.55. The number of halogens is 3. The van der Waals surface area contributed by atoms with Crippen LogP contribution in [0.1, 0.15) is 29.3 Å². The number of rotatable bonds is 4. The molecule has 0 aliphatic rings. The minimum atomic E-state index is -4.71. The van der Waals surface area contributed by atoms with Crippen LogP contribution in [0.25, 0.3) is 0 Å². The first-order valence-corrected chi connectivity index (χ1v) is 5.67. The first-order chi connectivity index (χ1) is 9.15. The molecule has 0 aliphatic carbocycles. The molecule has 1 aromatic carbocycles. The molecule has 1 amide bonds. The Morgan fingerprint density at radius 2 is 1.95 bits per heavy atom. The predicted molar refractivity (Wildman–Crippen MR) is 65.3 cm³/mol. The third kappa shape index (κ3) is 3.95. The van der Waals surface area contributed by atoms with Gasteiger partial charge in [-0.15, -0.1) is 0 Å². The Bertz CT molecular complexity index is 529. The number of benzene rings is 1. The van der Waals surface area contributed by atoms with Crippen molar-refractivity contribution in [2.24, 2.45) is 5.73 Å². The zero-order chi connectivity index (χ0) is 15.5. The highest BCUT2D eigenvalue weighted by molar-refractivity contribution is 5.96. The molecule has 0 bridgehead atoms. The number of amides is 1. The smallest absolute Gasteiger partial charge is 0.416 e. The first kappa shape index (κ1) is 16.0. The summed E-state index contributed by atoms with van der Waals surface area (Å²) in [6.07, 6.45) is -4.41. The molecule has 0 heterocycles. The van der Waals surface area contributed by atoms with Crippen molar-refractivity contribution in [3.05, 3.63) is 29.3 Å². The lowest BCUT2D eigenvalue weighted by molar-refractivity contribution is -0.137. The van der Waals surface area contributed by atoms with E-state index in [1.165, 1.54) is 0 Å². The monoisotopic (exact) mass is 290 g/mol. The molecule has 1 rings (SSSR count). The molecule has 5 nitrogen and oxygen atoms in total. The fraction of sp³-hybridized carbons (Fsp3) is 0.333. The summed E-state index contributed by atoms with van der Waals surface area (Å²) in [6.45, 7) is 1.64. The minimum absolute atomic E-state index is 0.258. The van der Waals surface area contributed by atoms with Crippen molar-refractivity contribution >= 4 is 17.6 Å². The summed E-state index contributed by atoms with van der Waals surface area (Å²) < 4.78 is 37.9. The van der Waals surface area contributed by atoms with Crippen LogP contribution in [0.5, 0.6) is 0 Å². The number of hydrogen-bond donors (Lipinski definition) is 3. The van der Waals surface area contributed by atoms with Gasteiger partial charge in [0.05, 0.1) is 17.2 Å². The van der Waals surface area contributed by atoms with Gasteiger partial charge in [-0.1, -0.05) is 6.92 Å². The van der Waals surface area contributed by atoms with Crippen LogP contribution in [-0.4, -0.2) is 23.0 Å². The zero-order valence-electron chi connectivity index (χ0n) is 10.5. The summed E-state index contributed by atoms with van der Waals surface area (Å²) in [6, 6.07) is 1.22. The van der Waals surface area contributed by atoms with E-state index in [2.05, 4.69) is 5.32 Å². The maximum absolute atomic E-state index is 12.6. The Hall–Kier alpha value is -2.09. The number of aromatic carboxylic acids is 1. The largest absolute Gasteiger partial charge is 0.478 e. The summed E-state index contributed by atoms with van der Waals surface area (Å²) in [7, 11) is 0. The standard InChI is InChI=1S/C12H13F3N2O3/c1-2-9(16)10(18)17-8-4-6(11(19)20)3-7(5-8)12(13,14)15/h3-5,9H,2,16H2,1H3,(H,17,18)(H,19,20)/t9-/m1/s1. The second kappa shape index (κ2) is 5.91. The Balaban J connectivity index is 3.16. The third-order valence-corrected chi connectivity index (χ3v) is 2.55. The molecular formula is C12H13F3N2O3. The lowest BCUT2D eigenvalue weighted by Gasteiger charge is -2.13. The van der Waals surface area contributed by atoms with E-state index in [-0.39, 0.29) is 5.69 Å². The average Bonchev–Trinajstić information content (AvgIpc) is 2.36. The van der Waals surface area contributed by atoms with Gasteiger partial charge in [0.25, 0.3) is 0 Å². The van der Waals surface area contributed by atoms with Gasteiger partial charge in [-0.2, -0.15) is 13.2 Å². The van der Waals surface area contributed by atoms with Gasteiger partial charge in [0.15, 0.2) is 0 Å². The number of carbonyl (C=O) groups is 2. The average molecular weight is 290 g/mol. The van der Waals surface area contributed by atoms with E-state index in [1.807, 2.05) is 0 Å². The van der Waals surface area contributed by atoms with Crippen LogP contribution in [0.3, 0.4) is 0 Å². The molecule has 0 radical (unpaired) electrons. The summed E-state index contributed by atoms with van der Waals surface area (Å²) in [5, 5.41) is 11.0. The molecule has 110 valence electrons. The van der Waals surface area contributed by atoms with Crippen molar-refractivity contribution in [3.8, 4) is 0 Å². The van der Waals surface area contributed by atoms with Gasteiger partial charge in [0, 0.05) is 5.69 Å². The molecule has 0 spiro atoms. The molecule has 1 atom stereocenters. The quantitative estimate of drug-likeness (QED) is 0.791. The normalized spacial score (nSPS) is 12.8. The molecule has 0 saturated heterocycles. The number of carboxylic acids is 1. The molecule has 0 aromatic heterocycles. The van der Waals surface area contributed by atoms with Gasteiger partial charge >= 0.3 is 12.1 Å². The Morgan fingerprint density at radius 1 is 1.35 bits per heavy atom. The number of carboxylic acid groups (broad SMARTS) is 1. The van der Waals surface area contributed by atoms with Gasteiger partial charge in [-0.05, 0) is 24.6 Å². The second-order valence-electron chi connectivity index (χ2n) is 4.11. The van der Waals surface area contributed by atoms with Crippen molar-refractivity contribution in [2.75, 3.05) is 5.32 Å². The van der Waals surface area contributed by atoms with Gasteiger partial charge in [-0.25, -0.2) is 4.79 Å². The van der Waals surface area contributed by atoms with Crippen LogP contribution in [0, 0.1) is 0 Å². The van der Waals surface area contributed by atoms with E-state index in [4.69, 9.17) is 10.8 Å². The van der Waals surface area contributed by atoms with Crippen molar-refractivity contribution in [3.63, 3.8) is 0 Å². The number of nitrogens with one attached hydrogen (secondary N) is 1. The summed E-state index contributed by atoms with van der Waals surface area (Å²) in [5.74, 6) is -2.20. The summed E-state index contributed by atoms with van der Waals surface area (Å²) in [5.41, 5.74) is 3.45. The number of carbonyl (C=O) groups excluding carboxylic acids is 1. The lowest BCUT2D eigenvalue weighted by Crippen LogP contribution is -2.34. The Labute approximate surface area is 112 Å². The zero-order valence-corrected chi connectivity index (χ0v) is 10.5. The Morgan fingerprint density at radius 3 is 2.40 bits per heavy atom. The molecule has 0 fully saturated rings. The van der Waals surface area contributed by atoms with Gasteiger partial charge < -0.3 is 16.2 Å². The number of anilines is 1. The highest BCUT2D eigenvalue weighted by Gasteiger charge is 2.32. The van der Waals surface area contributed by atoms with E-state index in [0.29, 0.717) is 18.6 Å². The first-order valence-electron chi connectivity index (χ1n) is 5.67. The summed E-state index contributed by atoms with van der Waals surface area (Å²) >= 11 is 0. The van der Waals surface area contributed by atoms with Crippen LogP contribution in [-0.2, 0) is 11.0 Å². The molecule has 8 heteroatoms. The maximum atomic E-state index is 12.6. The van der Waals surface area contributed by atoms with Gasteiger partial charge in [0.1, 0.15) is 0 Å². The highest BCUT2D eigenvalue weighted by atomic mass is 19.4. The van der Waals surface area contributed by atoms with Crippen LogP contribution in [0.2, 0.25) is 0 Å². The predicted octanol–water partition coefficient (Wildman–Crippen LogP) is 2.08. The highest BCUT2D eigenvalue weighted by Crippen LogP contribution is 2.32. The van der Waals surface area contributed by atoms with E-state index in [0.717, 1.165) is 6.07 Å². The molecule has 20 heavy (non-hydrogen) atoms. The molecule has 0 unspecified atom stereocenters. The maximum Gasteiger partial charge on any atom is 0.416 e. The van der Waals surface area contributed by atoms with Crippen LogP contribution >= 0.6 is 0 Å². The van der Waals surface area contributed by atoms with E-state index < -0.39 is 35.2 Å². The topological polar surface area (TPSA) is 92.4 Å². The van der Waals surface area contributed by atoms with Gasteiger partial charge in [-0.3, -0.25) is 4.79 Å². The van der Waals surface area contributed by atoms with Crippen molar-refractivity contribution in [2.45, 2.75) is 25.6 Å². The fourth-order valence-corrected chi connectivity index (χ4v) is 1.41. The Kier molecular flexibility index (Phi) is 4.72. The molecule has 0 saturated carbocycles. The molecule has 0 aliphatic heterocycles. The van der Waals surface area contributed by atoms with Crippen LogP contribution in [0.4, 0.5) is 18.9 Å². The summed E-state index contributed by atoms with van der Waals surface area (Å²) in [4.78, 5) is 22.3. The molecule has 4 N–H and O–H groups in total. The van der Waals surface area contributed by atoms with E-state index in [1.54, 1.807) is 6.92 Å².